The zero-order valence-electron chi connectivity index (χ0n) is 14.7. The molecular weight excluding hydrogens is 314 g/mol. The fraction of sp³-hybridized carbons (Fsp3) is 0.421. The van der Waals surface area contributed by atoms with Crippen molar-refractivity contribution in [3.63, 3.8) is 0 Å². The number of aromatic nitrogens is 4. The SMILES string of the molecule is Cc1cc(C)n(C[C@@H]2CCCN2C(=O)Cc2cn3ccccc3n2)n1. The van der Waals surface area contributed by atoms with E-state index < -0.39 is 0 Å². The topological polar surface area (TPSA) is 55.4 Å². The molecule has 1 amide bonds. The molecule has 1 saturated heterocycles. The Bertz CT molecular complexity index is 877. The number of likely N-dealkylation sites (tertiary alicyclic amines) is 1. The van der Waals surface area contributed by atoms with Gasteiger partial charge in [0, 0.05) is 24.6 Å². The smallest absolute Gasteiger partial charge is 0.228 e. The van der Waals surface area contributed by atoms with E-state index in [0.29, 0.717) is 6.42 Å². The molecule has 0 saturated carbocycles. The lowest BCUT2D eigenvalue weighted by Crippen LogP contribution is -2.39. The highest BCUT2D eigenvalue weighted by Gasteiger charge is 2.29. The van der Waals surface area contributed by atoms with Crippen LogP contribution in [0.2, 0.25) is 0 Å². The highest BCUT2D eigenvalue weighted by atomic mass is 16.2. The molecule has 1 fully saturated rings. The minimum absolute atomic E-state index is 0.160. The average Bonchev–Trinajstić information content (AvgIpc) is 3.26. The highest BCUT2D eigenvalue weighted by Crippen LogP contribution is 2.21. The molecule has 3 aromatic rings. The van der Waals surface area contributed by atoms with Crippen molar-refractivity contribution in [2.75, 3.05) is 6.54 Å². The summed E-state index contributed by atoms with van der Waals surface area (Å²) in [7, 11) is 0. The number of fused-ring (bicyclic) bond motifs is 1. The van der Waals surface area contributed by atoms with Crippen molar-refractivity contribution < 1.29 is 4.79 Å². The number of nitrogens with zero attached hydrogens (tertiary/aromatic N) is 5. The van der Waals surface area contributed by atoms with E-state index in [1.165, 1.54) is 0 Å². The number of pyridine rings is 1. The Balaban J connectivity index is 1.47. The Kier molecular flexibility index (Phi) is 4.03. The minimum Gasteiger partial charge on any atom is -0.338 e. The molecule has 1 aliphatic rings. The summed E-state index contributed by atoms with van der Waals surface area (Å²) in [6.07, 6.45) is 6.35. The van der Waals surface area contributed by atoms with Gasteiger partial charge in [0.1, 0.15) is 5.65 Å². The van der Waals surface area contributed by atoms with Gasteiger partial charge in [0.25, 0.3) is 0 Å². The zero-order chi connectivity index (χ0) is 17.4. The first-order chi connectivity index (χ1) is 12.1. The minimum atomic E-state index is 0.160. The summed E-state index contributed by atoms with van der Waals surface area (Å²) in [4.78, 5) is 19.4. The molecule has 3 aromatic heterocycles. The molecule has 0 spiro atoms. The first-order valence-electron chi connectivity index (χ1n) is 8.83. The summed E-state index contributed by atoms with van der Waals surface area (Å²) in [6.45, 7) is 5.68. The average molecular weight is 337 g/mol. The molecule has 4 heterocycles. The predicted octanol–water partition coefficient (Wildman–Crippen LogP) is 2.38. The second-order valence-corrected chi connectivity index (χ2v) is 6.87. The van der Waals surface area contributed by atoms with E-state index in [4.69, 9.17) is 0 Å². The normalized spacial score (nSPS) is 17.5. The number of hydrogen-bond acceptors (Lipinski definition) is 3. The quantitative estimate of drug-likeness (QED) is 0.734. The van der Waals surface area contributed by atoms with Crippen LogP contribution in [0.15, 0.2) is 36.7 Å². The maximum absolute atomic E-state index is 12.8. The molecule has 25 heavy (non-hydrogen) atoms. The van der Waals surface area contributed by atoms with Gasteiger partial charge in [-0.15, -0.1) is 0 Å². The molecule has 0 bridgehead atoms. The van der Waals surface area contributed by atoms with Crippen molar-refractivity contribution in [2.24, 2.45) is 0 Å². The van der Waals surface area contributed by atoms with Crippen molar-refractivity contribution in [1.82, 2.24) is 24.1 Å². The van der Waals surface area contributed by atoms with Gasteiger partial charge in [0.05, 0.1) is 30.4 Å². The highest BCUT2D eigenvalue weighted by molar-refractivity contribution is 5.79. The van der Waals surface area contributed by atoms with Crippen LogP contribution >= 0.6 is 0 Å². The maximum Gasteiger partial charge on any atom is 0.228 e. The van der Waals surface area contributed by atoms with Gasteiger partial charge in [-0.25, -0.2) is 4.98 Å². The summed E-state index contributed by atoms with van der Waals surface area (Å²) in [5, 5.41) is 4.54. The summed E-state index contributed by atoms with van der Waals surface area (Å²) >= 11 is 0. The van der Waals surface area contributed by atoms with E-state index in [1.807, 2.05) is 51.5 Å². The molecule has 0 unspecified atom stereocenters. The van der Waals surface area contributed by atoms with Gasteiger partial charge < -0.3 is 9.30 Å². The van der Waals surface area contributed by atoms with Crippen molar-refractivity contribution in [1.29, 1.82) is 0 Å². The van der Waals surface area contributed by atoms with Gasteiger partial charge in [0.2, 0.25) is 5.91 Å². The van der Waals surface area contributed by atoms with Crippen molar-refractivity contribution in [3.05, 3.63) is 53.7 Å². The number of amides is 1. The standard InChI is InChI=1S/C19H23N5O/c1-14-10-15(2)24(21-14)13-17-6-5-9-23(17)19(25)11-16-12-22-8-4-3-7-18(22)20-16/h3-4,7-8,10,12,17H,5-6,9,11,13H2,1-2H3/t17-/m0/s1. The third-order valence-electron chi connectivity index (χ3n) is 4.93. The third kappa shape index (κ3) is 3.16. The molecule has 1 atom stereocenters. The zero-order valence-corrected chi connectivity index (χ0v) is 14.7. The van der Waals surface area contributed by atoms with Crippen LogP contribution in [0.1, 0.15) is 29.9 Å². The lowest BCUT2D eigenvalue weighted by molar-refractivity contribution is -0.131. The Morgan fingerprint density at radius 1 is 1.32 bits per heavy atom. The molecule has 6 heteroatoms. The van der Waals surface area contributed by atoms with Crippen LogP contribution < -0.4 is 0 Å². The van der Waals surface area contributed by atoms with Gasteiger partial charge in [-0.2, -0.15) is 5.10 Å². The Labute approximate surface area is 147 Å². The Morgan fingerprint density at radius 3 is 2.96 bits per heavy atom. The predicted molar refractivity (Wildman–Crippen MR) is 95.3 cm³/mol. The van der Waals surface area contributed by atoms with Crippen LogP contribution in [-0.4, -0.2) is 42.6 Å². The summed E-state index contributed by atoms with van der Waals surface area (Å²) in [5.41, 5.74) is 3.88. The number of aryl methyl sites for hydroxylation is 2. The number of rotatable bonds is 4. The number of carbonyl (C=O) groups is 1. The molecule has 0 radical (unpaired) electrons. The molecular formula is C19H23N5O. The van der Waals surface area contributed by atoms with E-state index in [0.717, 1.165) is 48.7 Å². The molecule has 1 aliphatic heterocycles. The van der Waals surface area contributed by atoms with Gasteiger partial charge >= 0.3 is 0 Å². The fourth-order valence-corrected chi connectivity index (χ4v) is 3.74. The molecule has 130 valence electrons. The van der Waals surface area contributed by atoms with Gasteiger partial charge in [-0.3, -0.25) is 9.48 Å². The largest absolute Gasteiger partial charge is 0.338 e. The lowest BCUT2D eigenvalue weighted by Gasteiger charge is -2.25. The first-order valence-corrected chi connectivity index (χ1v) is 8.83. The van der Waals surface area contributed by atoms with Crippen molar-refractivity contribution in [2.45, 2.75) is 45.7 Å². The first kappa shape index (κ1) is 15.9. The van der Waals surface area contributed by atoms with Gasteiger partial charge in [-0.05, 0) is 44.9 Å². The summed E-state index contributed by atoms with van der Waals surface area (Å²) in [5.74, 6) is 0.160. The number of carbonyl (C=O) groups excluding carboxylic acids is 1. The Hall–Kier alpha value is -2.63. The maximum atomic E-state index is 12.8. The van der Waals surface area contributed by atoms with E-state index >= 15 is 0 Å². The molecule has 0 N–H and O–H groups in total. The monoisotopic (exact) mass is 337 g/mol. The summed E-state index contributed by atoms with van der Waals surface area (Å²) in [6, 6.07) is 8.18. The fourth-order valence-electron chi connectivity index (χ4n) is 3.74. The molecule has 6 nitrogen and oxygen atoms in total. The third-order valence-corrected chi connectivity index (χ3v) is 4.93. The molecule has 0 aliphatic carbocycles. The van der Waals surface area contributed by atoms with Crippen molar-refractivity contribution >= 4 is 11.6 Å². The van der Waals surface area contributed by atoms with Crippen LogP contribution in [0.5, 0.6) is 0 Å². The molecule has 4 rings (SSSR count). The van der Waals surface area contributed by atoms with Crippen LogP contribution in [0.4, 0.5) is 0 Å². The van der Waals surface area contributed by atoms with E-state index in [9.17, 15) is 4.79 Å². The van der Waals surface area contributed by atoms with Crippen LogP contribution in [0, 0.1) is 13.8 Å². The van der Waals surface area contributed by atoms with Crippen molar-refractivity contribution in [3.8, 4) is 0 Å². The Morgan fingerprint density at radius 2 is 2.20 bits per heavy atom. The molecule has 0 aromatic carbocycles. The van der Waals surface area contributed by atoms with E-state index in [1.54, 1.807) is 0 Å². The van der Waals surface area contributed by atoms with Crippen LogP contribution in [0.3, 0.4) is 0 Å². The van der Waals surface area contributed by atoms with E-state index in [-0.39, 0.29) is 11.9 Å². The van der Waals surface area contributed by atoms with Gasteiger partial charge in [0.15, 0.2) is 0 Å². The number of hydrogen-bond donors (Lipinski definition) is 0. The van der Waals surface area contributed by atoms with Gasteiger partial charge in [-0.1, -0.05) is 6.07 Å². The van der Waals surface area contributed by atoms with E-state index in [2.05, 4.69) is 23.1 Å². The second-order valence-electron chi connectivity index (χ2n) is 6.87. The second kappa shape index (κ2) is 6.35. The summed E-state index contributed by atoms with van der Waals surface area (Å²) < 4.78 is 3.98. The lowest BCUT2D eigenvalue weighted by atomic mass is 10.2. The van der Waals surface area contributed by atoms with Crippen LogP contribution in [0.25, 0.3) is 5.65 Å². The number of imidazole rings is 1. The van der Waals surface area contributed by atoms with Crippen LogP contribution in [-0.2, 0) is 17.8 Å².